The Morgan fingerprint density at radius 1 is 1.30 bits per heavy atom. The van der Waals surface area contributed by atoms with Crippen molar-refractivity contribution in [2.45, 2.75) is 38.9 Å². The Labute approximate surface area is 158 Å². The number of phenolic OH excluding ortho intramolecular Hbond substituents is 2. The number of aliphatic carboxylic acids is 1. The van der Waals surface area contributed by atoms with Crippen LogP contribution in [0.5, 0.6) is 11.5 Å². The van der Waals surface area contributed by atoms with Gasteiger partial charge in [0.15, 0.2) is 11.5 Å². The minimum Gasteiger partial charge on any atom is -0.504 e. The number of hydrogen-bond donors (Lipinski definition) is 3. The average molecular weight is 366 g/mol. The van der Waals surface area contributed by atoms with Gasteiger partial charge in [0.05, 0.1) is 6.54 Å². The third-order valence-corrected chi connectivity index (χ3v) is 5.53. The van der Waals surface area contributed by atoms with E-state index in [1.807, 2.05) is 18.2 Å². The number of carboxylic acids is 1. The fraction of sp³-hybridized carbons (Fsp3) is 0.333. The summed E-state index contributed by atoms with van der Waals surface area (Å²) in [6.07, 6.45) is 2.07. The fourth-order valence-corrected chi connectivity index (χ4v) is 4.26. The molecule has 6 nitrogen and oxygen atoms in total. The molecule has 0 saturated heterocycles. The van der Waals surface area contributed by atoms with Crippen LogP contribution in [0.15, 0.2) is 24.3 Å². The topological polar surface area (TPSA) is 84.2 Å². The summed E-state index contributed by atoms with van der Waals surface area (Å²) in [7, 11) is 5.73. The van der Waals surface area contributed by atoms with Gasteiger partial charge < -0.3 is 20.2 Å². The number of fused-ring (bicyclic) bond motifs is 2. The number of para-hydroxylation sites is 1. The highest BCUT2D eigenvalue weighted by atomic mass is 16.4. The maximum atomic E-state index is 10.8. The monoisotopic (exact) mass is 366 g/mol. The van der Waals surface area contributed by atoms with Crippen LogP contribution in [0.25, 0.3) is 11.1 Å². The predicted octanol–water partition coefficient (Wildman–Crippen LogP) is 2.97. The first-order valence-corrected chi connectivity index (χ1v) is 9.03. The molecule has 2 aliphatic rings. The zero-order valence-corrected chi connectivity index (χ0v) is 15.1. The molecule has 27 heavy (non-hydrogen) atoms. The number of nitrogens with zero attached hydrogens (tertiary/aromatic N) is 2. The Morgan fingerprint density at radius 3 is 2.81 bits per heavy atom. The zero-order chi connectivity index (χ0) is 19.3. The van der Waals surface area contributed by atoms with Crippen LogP contribution in [0.4, 0.5) is 5.69 Å². The molecule has 1 unspecified atom stereocenters. The van der Waals surface area contributed by atoms with Gasteiger partial charge >= 0.3 is 5.97 Å². The van der Waals surface area contributed by atoms with Gasteiger partial charge in [-0.05, 0) is 37.0 Å². The lowest BCUT2D eigenvalue weighted by molar-refractivity contribution is -0.137. The number of hydrogen-bond acceptors (Lipinski definition) is 5. The van der Waals surface area contributed by atoms with Crippen LogP contribution in [0.1, 0.15) is 30.0 Å². The number of anilines is 1. The molecule has 4 rings (SSSR count). The molecule has 3 N–H and O–H groups in total. The van der Waals surface area contributed by atoms with E-state index in [0.717, 1.165) is 34.6 Å². The predicted molar refractivity (Wildman–Crippen MR) is 102 cm³/mol. The number of carboxylic acid groups (broad SMARTS) is 1. The second kappa shape index (κ2) is 6.46. The Balaban J connectivity index is 1.82. The molecule has 1 atom stereocenters. The van der Waals surface area contributed by atoms with E-state index >= 15 is 0 Å². The van der Waals surface area contributed by atoms with Gasteiger partial charge in [-0.2, -0.15) is 0 Å². The summed E-state index contributed by atoms with van der Waals surface area (Å²) >= 11 is 0. The first kappa shape index (κ1) is 17.7. The van der Waals surface area contributed by atoms with Crippen molar-refractivity contribution in [3.8, 4) is 22.6 Å². The van der Waals surface area contributed by atoms with Gasteiger partial charge in [-0.15, -0.1) is 0 Å². The number of rotatable bonds is 4. The van der Waals surface area contributed by atoms with E-state index in [0.29, 0.717) is 23.7 Å². The molecule has 2 heterocycles. The van der Waals surface area contributed by atoms with E-state index in [1.54, 1.807) is 0 Å². The summed E-state index contributed by atoms with van der Waals surface area (Å²) < 4.78 is 0. The first-order valence-electron chi connectivity index (χ1n) is 9.03. The lowest BCUT2D eigenvalue weighted by Gasteiger charge is -2.42. The molecule has 2 radical (unpaired) electrons. The van der Waals surface area contributed by atoms with Gasteiger partial charge in [0, 0.05) is 48.6 Å². The summed E-state index contributed by atoms with van der Waals surface area (Å²) in [6.45, 7) is 2.50. The Hall–Kier alpha value is -2.73. The average Bonchev–Trinajstić information content (AvgIpc) is 2.61. The number of phenols is 2. The molecular weight excluding hydrogens is 344 g/mol. The molecule has 0 saturated carbocycles. The number of aromatic hydroxyl groups is 2. The quantitative estimate of drug-likeness (QED) is 0.570. The highest BCUT2D eigenvalue weighted by Gasteiger charge is 2.33. The summed E-state index contributed by atoms with van der Waals surface area (Å²) in [5, 5.41) is 30.2. The second-order valence-electron chi connectivity index (χ2n) is 7.39. The zero-order valence-electron chi connectivity index (χ0n) is 15.1. The van der Waals surface area contributed by atoms with Crippen molar-refractivity contribution in [2.24, 2.45) is 0 Å². The van der Waals surface area contributed by atoms with Crippen molar-refractivity contribution in [3.63, 3.8) is 0 Å². The number of aryl methyl sites for hydroxylation is 1. The second-order valence-corrected chi connectivity index (χ2v) is 7.39. The smallest absolute Gasteiger partial charge is 0.317 e. The van der Waals surface area contributed by atoms with Gasteiger partial charge in [0.1, 0.15) is 0 Å². The van der Waals surface area contributed by atoms with Gasteiger partial charge in [-0.25, -0.2) is 0 Å². The molecule has 6 heteroatoms. The Kier molecular flexibility index (Phi) is 4.23. The van der Waals surface area contributed by atoms with Gasteiger partial charge in [-0.1, -0.05) is 18.2 Å². The highest BCUT2D eigenvalue weighted by Crippen LogP contribution is 2.51. The van der Waals surface area contributed by atoms with E-state index in [4.69, 9.17) is 12.2 Å². The van der Waals surface area contributed by atoms with Crippen molar-refractivity contribution in [1.29, 1.82) is 0 Å². The molecule has 0 fully saturated rings. The van der Waals surface area contributed by atoms with Crippen LogP contribution in [0.2, 0.25) is 0 Å². The maximum Gasteiger partial charge on any atom is 0.317 e. The van der Waals surface area contributed by atoms with Gasteiger partial charge in [-0.3, -0.25) is 9.69 Å². The molecule has 0 aliphatic carbocycles. The highest BCUT2D eigenvalue weighted by molar-refractivity contribution is 5.91. The molecule has 2 aromatic rings. The molecule has 0 spiro atoms. The summed E-state index contributed by atoms with van der Waals surface area (Å²) in [4.78, 5) is 14.3. The lowest BCUT2D eigenvalue weighted by Crippen LogP contribution is -2.39. The lowest BCUT2D eigenvalue weighted by atomic mass is 9.84. The van der Waals surface area contributed by atoms with Crippen LogP contribution < -0.4 is 4.90 Å². The summed E-state index contributed by atoms with van der Waals surface area (Å²) in [5.41, 5.74) is 5.29. The maximum absolute atomic E-state index is 10.8. The third kappa shape index (κ3) is 2.90. The molecular formula is C21H22N2O4. The Morgan fingerprint density at radius 2 is 2.07 bits per heavy atom. The molecule has 2 aromatic carbocycles. The minimum atomic E-state index is -1.05. The SMILES string of the molecule is [CH]N(CC(=O)O)Cc1cc2c(c(O)c1O)-c1cccc3c1N(C2)C(C)CC3. The molecule has 0 bridgehead atoms. The van der Waals surface area contributed by atoms with Crippen LogP contribution in [0.3, 0.4) is 0 Å². The van der Waals surface area contributed by atoms with Crippen LogP contribution in [-0.2, 0) is 24.3 Å². The first-order chi connectivity index (χ1) is 12.9. The van der Waals surface area contributed by atoms with Crippen molar-refractivity contribution in [3.05, 3.63) is 48.0 Å². The largest absolute Gasteiger partial charge is 0.504 e. The molecule has 2 aliphatic heterocycles. The molecule has 0 aromatic heterocycles. The van der Waals surface area contributed by atoms with Crippen LogP contribution >= 0.6 is 0 Å². The number of benzene rings is 2. The van der Waals surface area contributed by atoms with E-state index < -0.39 is 5.97 Å². The normalized spacial score (nSPS) is 17.6. The minimum absolute atomic E-state index is 0.0292. The van der Waals surface area contributed by atoms with Gasteiger partial charge in [0.25, 0.3) is 0 Å². The summed E-state index contributed by atoms with van der Waals surface area (Å²) in [5.74, 6) is -1.47. The standard InChI is InChI=1S/C21H22N2O4/c1-12-6-7-13-4-3-5-16-18-14(10-23(12)19(13)16)8-15(20(26)21(18)27)9-22(2)11-17(24)25/h2-5,8,12,26-27H,6-7,9-11H2,1H3,(H,24,25). The van der Waals surface area contributed by atoms with E-state index in [-0.39, 0.29) is 24.6 Å². The van der Waals surface area contributed by atoms with Crippen molar-refractivity contribution in [1.82, 2.24) is 4.90 Å². The van der Waals surface area contributed by atoms with E-state index in [9.17, 15) is 15.0 Å². The van der Waals surface area contributed by atoms with Crippen molar-refractivity contribution < 1.29 is 20.1 Å². The van der Waals surface area contributed by atoms with E-state index in [1.165, 1.54) is 5.56 Å². The van der Waals surface area contributed by atoms with E-state index in [2.05, 4.69) is 17.9 Å². The number of carbonyl (C=O) groups is 1. The van der Waals surface area contributed by atoms with Crippen molar-refractivity contribution >= 4 is 11.7 Å². The van der Waals surface area contributed by atoms with Crippen molar-refractivity contribution in [2.75, 3.05) is 11.4 Å². The molecule has 140 valence electrons. The van der Waals surface area contributed by atoms with Gasteiger partial charge in [0.2, 0.25) is 0 Å². The van der Waals surface area contributed by atoms with Crippen LogP contribution in [0, 0.1) is 7.05 Å². The summed E-state index contributed by atoms with van der Waals surface area (Å²) in [6, 6.07) is 8.27. The Bertz CT molecular complexity index is 925. The third-order valence-electron chi connectivity index (χ3n) is 5.53. The molecule has 0 amide bonds. The fourth-order valence-electron chi connectivity index (χ4n) is 4.26. The van der Waals surface area contributed by atoms with Crippen LogP contribution in [-0.4, -0.2) is 38.8 Å².